The number of para-hydroxylation sites is 1. The zero-order chi connectivity index (χ0) is 37.4. The Morgan fingerprint density at radius 1 is 0.865 bits per heavy atom. The molecule has 0 spiro atoms. The van der Waals surface area contributed by atoms with E-state index < -0.39 is 22.0 Å². The fraction of sp³-hybridized carbons (Fsp3) is 0.537. The molecule has 1 aliphatic heterocycles. The number of nitrogens with one attached hydrogen (secondary N) is 1. The highest BCUT2D eigenvalue weighted by Crippen LogP contribution is 2.36. The van der Waals surface area contributed by atoms with Crippen LogP contribution in [0.25, 0.3) is 0 Å². The number of sulfonamides is 1. The molecule has 1 amide bonds. The van der Waals surface area contributed by atoms with Gasteiger partial charge in [0.05, 0.1) is 11.4 Å². The average Bonchev–Trinajstić information content (AvgIpc) is 3.12. The van der Waals surface area contributed by atoms with Crippen LogP contribution in [-0.2, 0) is 25.0 Å². The van der Waals surface area contributed by atoms with E-state index in [0.717, 1.165) is 48.3 Å². The van der Waals surface area contributed by atoms with Crippen molar-refractivity contribution in [3.05, 3.63) is 72.4 Å². The summed E-state index contributed by atoms with van der Waals surface area (Å²) in [6, 6.07) is 17.9. The summed E-state index contributed by atoms with van der Waals surface area (Å²) in [6.07, 6.45) is 12.2. The standard InChI is InChI=1S/C41H58N4O5S2/c1-6-8-10-12-13-19-30-51-35-25-24-32(41(3,4)5)31-34(35)44-40(46)38(50-37-23-16-17-26-42-37)39-43-33-21-14-15-22-36(33)52(47,48)45(39)27-20-29-49-28-18-11-9-7-2/h14-17,21-26,31,38H,6-13,18-20,27-30H2,1-5H3,(H,44,46). The lowest BCUT2D eigenvalue weighted by Crippen LogP contribution is -2.52. The third-order valence-electron chi connectivity index (χ3n) is 8.92. The summed E-state index contributed by atoms with van der Waals surface area (Å²) in [4.78, 5) is 24.7. The summed E-state index contributed by atoms with van der Waals surface area (Å²) in [6.45, 7) is 11.9. The van der Waals surface area contributed by atoms with Crippen molar-refractivity contribution >= 4 is 44.9 Å². The number of ether oxygens (including phenoxy) is 2. The minimum Gasteiger partial charge on any atom is -0.456 e. The first-order valence-corrected chi connectivity index (χ1v) is 21.4. The van der Waals surface area contributed by atoms with Gasteiger partial charge < -0.3 is 14.8 Å². The second kappa shape index (κ2) is 20.7. The van der Waals surface area contributed by atoms with Gasteiger partial charge in [-0.3, -0.25) is 4.79 Å². The lowest BCUT2D eigenvalue weighted by molar-refractivity contribution is -0.120. The molecular formula is C41H58N4O5S2. The van der Waals surface area contributed by atoms with Gasteiger partial charge in [-0.2, -0.15) is 0 Å². The zero-order valence-corrected chi connectivity index (χ0v) is 33.4. The van der Waals surface area contributed by atoms with E-state index in [-0.39, 0.29) is 34.3 Å². The maximum atomic E-state index is 14.6. The summed E-state index contributed by atoms with van der Waals surface area (Å²) >= 11 is 1.72. The number of rotatable bonds is 22. The number of nitrogens with zero attached hydrogens (tertiary/aromatic N) is 3. The molecule has 11 heteroatoms. The van der Waals surface area contributed by atoms with E-state index in [1.54, 1.807) is 60.4 Å². The first kappa shape index (κ1) is 41.3. The number of pyridine rings is 1. The lowest BCUT2D eigenvalue weighted by atomic mass is 9.87. The molecule has 0 radical (unpaired) electrons. The van der Waals surface area contributed by atoms with Gasteiger partial charge in [0.2, 0.25) is 12.0 Å². The summed E-state index contributed by atoms with van der Waals surface area (Å²) in [7, 11) is -4.08. The molecule has 1 unspecified atom stereocenters. The summed E-state index contributed by atoms with van der Waals surface area (Å²) in [5.41, 5.74) is 1.82. The summed E-state index contributed by atoms with van der Waals surface area (Å²) < 4.78 is 41.8. The number of benzene rings is 2. The van der Waals surface area contributed by atoms with Crippen LogP contribution in [0.3, 0.4) is 0 Å². The number of amidine groups is 1. The molecule has 2 heterocycles. The minimum atomic E-state index is -4.08. The van der Waals surface area contributed by atoms with Crippen LogP contribution in [0.1, 0.15) is 111 Å². The number of amides is 1. The molecule has 2 aromatic carbocycles. The number of anilines is 1. The van der Waals surface area contributed by atoms with Crippen molar-refractivity contribution in [2.75, 3.05) is 30.8 Å². The molecule has 1 aliphatic rings. The number of aromatic nitrogens is 1. The minimum absolute atomic E-state index is 0.0157. The van der Waals surface area contributed by atoms with Crippen molar-refractivity contribution in [3.8, 4) is 5.88 Å². The number of hydrogen-bond donors (Lipinski definition) is 1. The van der Waals surface area contributed by atoms with Crippen LogP contribution in [0.15, 0.2) is 81.6 Å². The molecule has 0 saturated carbocycles. The van der Waals surface area contributed by atoms with Crippen LogP contribution >= 0.6 is 11.8 Å². The highest BCUT2D eigenvalue weighted by molar-refractivity contribution is 7.99. The van der Waals surface area contributed by atoms with Crippen molar-refractivity contribution in [2.24, 2.45) is 4.99 Å². The highest BCUT2D eigenvalue weighted by atomic mass is 32.2. The Morgan fingerprint density at radius 2 is 1.56 bits per heavy atom. The van der Waals surface area contributed by atoms with Crippen molar-refractivity contribution < 1.29 is 22.7 Å². The van der Waals surface area contributed by atoms with Gasteiger partial charge in [-0.05, 0) is 66.3 Å². The number of hydrogen-bond acceptors (Lipinski definition) is 8. The number of unbranched alkanes of at least 4 members (excludes halogenated alkanes) is 8. The summed E-state index contributed by atoms with van der Waals surface area (Å²) in [5.74, 6) is 0.549. The van der Waals surface area contributed by atoms with Gasteiger partial charge >= 0.3 is 0 Å². The van der Waals surface area contributed by atoms with Crippen LogP contribution in [0.2, 0.25) is 0 Å². The van der Waals surface area contributed by atoms with Crippen LogP contribution in [0.4, 0.5) is 11.4 Å². The van der Waals surface area contributed by atoms with Crippen molar-refractivity contribution in [2.45, 2.75) is 127 Å². The molecule has 0 fully saturated rings. The Morgan fingerprint density at radius 3 is 2.29 bits per heavy atom. The normalized spacial score (nSPS) is 14.4. The maximum Gasteiger partial charge on any atom is 0.273 e. The van der Waals surface area contributed by atoms with Gasteiger partial charge in [0.1, 0.15) is 4.90 Å². The van der Waals surface area contributed by atoms with Crippen molar-refractivity contribution in [3.63, 3.8) is 0 Å². The van der Waals surface area contributed by atoms with Gasteiger partial charge in [0.15, 0.2) is 5.84 Å². The molecule has 52 heavy (non-hydrogen) atoms. The molecule has 1 atom stereocenters. The Kier molecular flexibility index (Phi) is 16.5. The maximum absolute atomic E-state index is 14.6. The Labute approximate surface area is 316 Å². The Hall–Kier alpha value is -3.41. The first-order chi connectivity index (χ1) is 25.1. The Balaban J connectivity index is 1.65. The smallest absolute Gasteiger partial charge is 0.273 e. The van der Waals surface area contributed by atoms with E-state index in [9.17, 15) is 13.2 Å². The third-order valence-corrected chi connectivity index (χ3v) is 11.9. The molecule has 1 N–H and O–H groups in total. The van der Waals surface area contributed by atoms with Crippen LogP contribution in [-0.4, -0.2) is 61.1 Å². The van der Waals surface area contributed by atoms with E-state index in [2.05, 4.69) is 57.1 Å². The molecule has 0 saturated heterocycles. The predicted molar refractivity (Wildman–Crippen MR) is 214 cm³/mol. The van der Waals surface area contributed by atoms with Gasteiger partial charge in [-0.1, -0.05) is 110 Å². The lowest BCUT2D eigenvalue weighted by Gasteiger charge is -2.33. The number of fused-ring (bicyclic) bond motifs is 1. The monoisotopic (exact) mass is 750 g/mol. The zero-order valence-electron chi connectivity index (χ0n) is 31.7. The van der Waals surface area contributed by atoms with Gasteiger partial charge in [-0.25, -0.2) is 22.7 Å². The predicted octanol–water partition coefficient (Wildman–Crippen LogP) is 9.94. The number of aliphatic imine (C=N–C) groups is 1. The van der Waals surface area contributed by atoms with Crippen LogP contribution < -0.4 is 10.1 Å². The molecular weight excluding hydrogens is 693 g/mol. The molecule has 0 aliphatic carbocycles. The second-order valence-corrected chi connectivity index (χ2v) is 17.2. The Bertz CT molecular complexity index is 1690. The molecule has 1 aromatic heterocycles. The topological polar surface area (TPSA) is 110 Å². The van der Waals surface area contributed by atoms with Crippen LogP contribution in [0.5, 0.6) is 5.88 Å². The average molecular weight is 751 g/mol. The molecule has 3 aromatic rings. The van der Waals surface area contributed by atoms with Crippen molar-refractivity contribution in [1.29, 1.82) is 0 Å². The number of carbonyl (C=O) groups is 1. The second-order valence-electron chi connectivity index (χ2n) is 14.3. The van der Waals surface area contributed by atoms with Crippen molar-refractivity contribution in [1.82, 2.24) is 9.29 Å². The van der Waals surface area contributed by atoms with E-state index in [1.165, 1.54) is 36.4 Å². The van der Waals surface area contributed by atoms with E-state index in [1.807, 2.05) is 6.07 Å². The first-order valence-electron chi connectivity index (χ1n) is 19.0. The van der Waals surface area contributed by atoms with Crippen LogP contribution in [0, 0.1) is 0 Å². The largest absolute Gasteiger partial charge is 0.456 e. The van der Waals surface area contributed by atoms with E-state index in [4.69, 9.17) is 14.5 Å². The molecule has 9 nitrogen and oxygen atoms in total. The fourth-order valence-corrected chi connectivity index (χ4v) is 8.52. The summed E-state index contributed by atoms with van der Waals surface area (Å²) in [5, 5.41) is 3.14. The van der Waals surface area contributed by atoms with Gasteiger partial charge in [0, 0.05) is 36.9 Å². The number of carbonyl (C=O) groups excluding carboxylic acids is 1. The fourth-order valence-electron chi connectivity index (χ4n) is 5.90. The van der Waals surface area contributed by atoms with Gasteiger partial charge in [-0.15, -0.1) is 11.8 Å². The highest BCUT2D eigenvalue weighted by Gasteiger charge is 2.41. The van der Waals surface area contributed by atoms with Gasteiger partial charge in [0.25, 0.3) is 15.9 Å². The molecule has 4 rings (SSSR count). The quantitative estimate of drug-likeness (QED) is 0.0804. The molecule has 0 bridgehead atoms. The third kappa shape index (κ3) is 12.1. The van der Waals surface area contributed by atoms with E-state index >= 15 is 0 Å². The SMILES string of the molecule is CCCCCCCCSc1ccc(C(C)(C)C)cc1NC(=O)C(Oc1ccccn1)C1=Nc2ccccc2S(=O)(=O)N1CCCOCCCCCC. The number of thioether (sulfide) groups is 1. The molecule has 284 valence electrons. The van der Waals surface area contributed by atoms with E-state index in [0.29, 0.717) is 25.3 Å².